The fraction of sp³-hybridized carbons (Fsp3) is 0.118. The summed E-state index contributed by atoms with van der Waals surface area (Å²) in [4.78, 5) is 19.6. The fourth-order valence-electron chi connectivity index (χ4n) is 2.39. The number of fused-ring (bicyclic) bond motifs is 1. The van der Waals surface area contributed by atoms with Gasteiger partial charge in [0.1, 0.15) is 5.82 Å². The molecule has 0 spiro atoms. The zero-order valence-corrected chi connectivity index (χ0v) is 12.9. The highest BCUT2D eigenvalue weighted by atomic mass is 19.4. The fourth-order valence-corrected chi connectivity index (χ4v) is 2.39. The van der Waals surface area contributed by atoms with Crippen LogP contribution in [0.25, 0.3) is 10.9 Å². The van der Waals surface area contributed by atoms with Crippen LogP contribution in [0, 0.1) is 0 Å². The van der Waals surface area contributed by atoms with Gasteiger partial charge in [-0.1, -0.05) is 12.1 Å². The van der Waals surface area contributed by atoms with Crippen LogP contribution in [0.4, 0.5) is 24.7 Å². The summed E-state index contributed by atoms with van der Waals surface area (Å²) in [7, 11) is 1.56. The predicted molar refractivity (Wildman–Crippen MR) is 86.0 cm³/mol. The quantitative estimate of drug-likeness (QED) is 0.772. The molecule has 0 atom stereocenters. The van der Waals surface area contributed by atoms with Crippen LogP contribution in [-0.2, 0) is 6.18 Å². The number of halogens is 3. The molecule has 3 rings (SSSR count). The number of aromatic carboxylic acids is 1. The molecule has 1 heterocycles. The third kappa shape index (κ3) is 3.23. The maximum absolute atomic E-state index is 13.1. The summed E-state index contributed by atoms with van der Waals surface area (Å²) in [6.45, 7) is 0. The number of benzene rings is 2. The van der Waals surface area contributed by atoms with E-state index in [-0.39, 0.29) is 16.9 Å². The van der Waals surface area contributed by atoms with Crippen molar-refractivity contribution >= 4 is 28.4 Å². The Balaban J connectivity index is 2.14. The third-order valence-corrected chi connectivity index (χ3v) is 3.66. The maximum atomic E-state index is 13.1. The number of hydrogen-bond donors (Lipinski definition) is 1. The van der Waals surface area contributed by atoms with Crippen molar-refractivity contribution in [3.63, 3.8) is 0 Å². The van der Waals surface area contributed by atoms with Gasteiger partial charge in [-0.05, 0) is 36.4 Å². The second kappa shape index (κ2) is 6.04. The van der Waals surface area contributed by atoms with Crippen LogP contribution >= 0.6 is 0 Å². The minimum atomic E-state index is -4.67. The Morgan fingerprint density at radius 2 is 1.68 bits per heavy atom. The monoisotopic (exact) mass is 347 g/mol. The van der Waals surface area contributed by atoms with Gasteiger partial charge in [0.15, 0.2) is 0 Å². The van der Waals surface area contributed by atoms with Crippen molar-refractivity contribution in [3.05, 3.63) is 59.9 Å². The van der Waals surface area contributed by atoms with E-state index < -0.39 is 18.0 Å². The highest BCUT2D eigenvalue weighted by molar-refractivity contribution is 5.92. The van der Waals surface area contributed by atoms with Crippen LogP contribution in [0.2, 0.25) is 0 Å². The van der Waals surface area contributed by atoms with Crippen LogP contribution < -0.4 is 4.90 Å². The minimum Gasteiger partial charge on any atom is -0.478 e. The van der Waals surface area contributed by atoms with Crippen molar-refractivity contribution in [2.45, 2.75) is 6.18 Å². The van der Waals surface area contributed by atoms with Crippen LogP contribution in [0.3, 0.4) is 0 Å². The molecule has 8 heteroatoms. The molecule has 0 amide bonds. The van der Waals surface area contributed by atoms with Gasteiger partial charge >= 0.3 is 12.1 Å². The Morgan fingerprint density at radius 3 is 2.28 bits per heavy atom. The molecule has 0 fully saturated rings. The summed E-state index contributed by atoms with van der Waals surface area (Å²) in [6.07, 6.45) is -4.67. The van der Waals surface area contributed by atoms with E-state index in [1.165, 1.54) is 35.2 Å². The van der Waals surface area contributed by atoms with E-state index in [1.54, 1.807) is 25.2 Å². The lowest BCUT2D eigenvalue weighted by molar-refractivity contribution is -0.144. The number of anilines is 2. The van der Waals surface area contributed by atoms with E-state index in [0.29, 0.717) is 11.1 Å². The van der Waals surface area contributed by atoms with Crippen molar-refractivity contribution in [1.29, 1.82) is 0 Å². The van der Waals surface area contributed by atoms with Gasteiger partial charge in [0.05, 0.1) is 11.1 Å². The van der Waals surface area contributed by atoms with E-state index in [9.17, 15) is 18.0 Å². The largest absolute Gasteiger partial charge is 0.478 e. The first-order valence-corrected chi connectivity index (χ1v) is 7.18. The summed E-state index contributed by atoms with van der Waals surface area (Å²) >= 11 is 0. The van der Waals surface area contributed by atoms with Gasteiger partial charge < -0.3 is 10.0 Å². The molecule has 0 radical (unpaired) electrons. The van der Waals surface area contributed by atoms with E-state index in [0.717, 1.165) is 0 Å². The molecule has 128 valence electrons. The van der Waals surface area contributed by atoms with Gasteiger partial charge in [0.25, 0.3) is 0 Å². The molecule has 2 aromatic carbocycles. The molecule has 3 aromatic rings. The molecule has 0 unspecified atom stereocenters. The average Bonchev–Trinajstić information content (AvgIpc) is 2.59. The Kier molecular flexibility index (Phi) is 4.03. The highest BCUT2D eigenvalue weighted by Gasteiger charge is 2.36. The highest BCUT2D eigenvalue weighted by Crippen LogP contribution is 2.33. The molecule has 0 bridgehead atoms. The molecule has 0 saturated carbocycles. The van der Waals surface area contributed by atoms with Crippen LogP contribution in [-0.4, -0.2) is 28.1 Å². The number of hydrogen-bond acceptors (Lipinski definition) is 4. The first-order valence-electron chi connectivity index (χ1n) is 7.18. The van der Waals surface area contributed by atoms with E-state index in [2.05, 4.69) is 9.97 Å². The van der Waals surface area contributed by atoms with Gasteiger partial charge in [-0.2, -0.15) is 13.2 Å². The topological polar surface area (TPSA) is 66.3 Å². The van der Waals surface area contributed by atoms with Crippen molar-refractivity contribution in [2.75, 3.05) is 11.9 Å². The van der Waals surface area contributed by atoms with Crippen LogP contribution in [0.15, 0.2) is 48.5 Å². The summed E-state index contributed by atoms with van der Waals surface area (Å²) < 4.78 is 39.3. The molecular weight excluding hydrogens is 335 g/mol. The van der Waals surface area contributed by atoms with E-state index in [1.807, 2.05) is 0 Å². The van der Waals surface area contributed by atoms with Crippen molar-refractivity contribution < 1.29 is 23.1 Å². The Morgan fingerprint density at radius 1 is 1.04 bits per heavy atom. The first kappa shape index (κ1) is 16.7. The first-order chi connectivity index (χ1) is 11.8. The second-order valence-corrected chi connectivity index (χ2v) is 5.30. The van der Waals surface area contributed by atoms with E-state index in [4.69, 9.17) is 5.11 Å². The van der Waals surface area contributed by atoms with Gasteiger partial charge in [-0.3, -0.25) is 0 Å². The number of alkyl halides is 3. The lowest BCUT2D eigenvalue weighted by atomic mass is 10.2. The summed E-state index contributed by atoms with van der Waals surface area (Å²) in [6, 6.07) is 12.2. The molecule has 0 aliphatic heterocycles. The predicted octanol–water partition coefficient (Wildman–Crippen LogP) is 4.11. The molecule has 0 saturated heterocycles. The molecular formula is C17H12F3N3O2. The van der Waals surface area contributed by atoms with Crippen molar-refractivity contribution in [2.24, 2.45) is 0 Å². The number of carbonyl (C=O) groups is 1. The van der Waals surface area contributed by atoms with Crippen LogP contribution in [0.5, 0.6) is 0 Å². The summed E-state index contributed by atoms with van der Waals surface area (Å²) in [5, 5.41) is 9.40. The minimum absolute atomic E-state index is 0.0840. The van der Waals surface area contributed by atoms with Gasteiger partial charge in [-0.25, -0.2) is 14.8 Å². The summed E-state index contributed by atoms with van der Waals surface area (Å²) in [5.74, 6) is -2.22. The molecule has 0 aliphatic carbocycles. The average molecular weight is 347 g/mol. The maximum Gasteiger partial charge on any atom is 0.451 e. The number of aromatic nitrogens is 2. The number of carboxylic acids is 1. The third-order valence-electron chi connectivity index (χ3n) is 3.66. The molecule has 5 nitrogen and oxygen atoms in total. The Labute approximate surface area is 140 Å². The Hall–Kier alpha value is -3.16. The normalized spacial score (nSPS) is 11.5. The number of rotatable bonds is 3. The van der Waals surface area contributed by atoms with Crippen molar-refractivity contribution in [3.8, 4) is 0 Å². The van der Waals surface area contributed by atoms with Crippen molar-refractivity contribution in [1.82, 2.24) is 9.97 Å². The SMILES string of the molecule is CN(c1ccc(C(=O)O)cc1)c1nc(C(F)(F)F)nc2ccccc12. The molecule has 25 heavy (non-hydrogen) atoms. The smallest absolute Gasteiger partial charge is 0.451 e. The molecule has 1 aromatic heterocycles. The standard InChI is InChI=1S/C17H12F3N3O2/c1-23(11-8-6-10(7-9-11)15(24)25)14-12-4-2-3-5-13(12)21-16(22-14)17(18,19)20/h2-9H,1H3,(H,24,25). The van der Waals surface area contributed by atoms with Crippen LogP contribution in [0.1, 0.15) is 16.2 Å². The lowest BCUT2D eigenvalue weighted by Crippen LogP contribution is -2.17. The van der Waals surface area contributed by atoms with Gasteiger partial charge in [0.2, 0.25) is 5.82 Å². The summed E-state index contributed by atoms with van der Waals surface area (Å²) in [5.41, 5.74) is 0.761. The lowest BCUT2D eigenvalue weighted by Gasteiger charge is -2.21. The molecule has 1 N–H and O–H groups in total. The Bertz CT molecular complexity index is 940. The zero-order valence-electron chi connectivity index (χ0n) is 12.9. The number of nitrogens with zero attached hydrogens (tertiary/aromatic N) is 3. The number of para-hydroxylation sites is 1. The van der Waals surface area contributed by atoms with Gasteiger partial charge in [0, 0.05) is 18.1 Å². The zero-order chi connectivity index (χ0) is 18.2. The molecule has 0 aliphatic rings. The van der Waals surface area contributed by atoms with Gasteiger partial charge in [-0.15, -0.1) is 0 Å². The second-order valence-electron chi connectivity index (χ2n) is 5.30. The number of carboxylic acid groups (broad SMARTS) is 1. The van der Waals surface area contributed by atoms with E-state index >= 15 is 0 Å².